The number of halogens is 4. The first-order chi connectivity index (χ1) is 13.1. The predicted octanol–water partition coefficient (Wildman–Crippen LogP) is 5.71. The number of nitrogens with zero attached hydrogens (tertiary/aromatic N) is 1. The van der Waals surface area contributed by atoms with Crippen LogP contribution in [0.25, 0.3) is 0 Å². The first-order valence-corrected chi connectivity index (χ1v) is 11.8. The molecule has 0 amide bonds. The monoisotopic (exact) mass is 534 g/mol. The van der Waals surface area contributed by atoms with E-state index in [9.17, 15) is 13.3 Å². The molecule has 0 bridgehead atoms. The lowest BCUT2D eigenvalue weighted by atomic mass is 10.0. The van der Waals surface area contributed by atoms with E-state index in [1.807, 2.05) is 20.8 Å². The average molecular weight is 536 g/mol. The molecule has 2 atom stereocenters. The van der Waals surface area contributed by atoms with Crippen molar-refractivity contribution in [1.82, 2.24) is 9.71 Å². The Bertz CT molecular complexity index is 869. The first-order valence-electron chi connectivity index (χ1n) is 9.06. The Kier molecular flexibility index (Phi) is 6.86. The van der Waals surface area contributed by atoms with Crippen LogP contribution in [0.2, 0.25) is 0 Å². The highest BCUT2D eigenvalue weighted by Gasteiger charge is 2.33. The van der Waals surface area contributed by atoms with Crippen LogP contribution in [0.15, 0.2) is 27.3 Å². The molecule has 1 N–H and O–H groups in total. The van der Waals surface area contributed by atoms with Crippen molar-refractivity contribution in [3.63, 3.8) is 0 Å². The topological polar surface area (TPSA) is 48.0 Å². The smallest absolute Gasteiger partial charge is 0.136 e. The van der Waals surface area contributed by atoms with Gasteiger partial charge in [-0.1, -0.05) is 0 Å². The number of rotatable bonds is 5. The average Bonchev–Trinajstić information content (AvgIpc) is 3.06. The van der Waals surface area contributed by atoms with Gasteiger partial charge in [0.15, 0.2) is 0 Å². The third-order valence-corrected chi connectivity index (χ3v) is 7.82. The molecule has 152 valence electrons. The minimum atomic E-state index is -1.38. The highest BCUT2D eigenvalue weighted by atomic mass is 79.9. The van der Waals surface area contributed by atoms with Crippen molar-refractivity contribution >= 4 is 43.2 Å². The molecule has 0 saturated heterocycles. The zero-order valence-electron chi connectivity index (χ0n) is 15.9. The van der Waals surface area contributed by atoms with Gasteiger partial charge in [-0.05, 0) is 107 Å². The molecule has 2 aromatic rings. The molecule has 1 aromatic heterocycles. The van der Waals surface area contributed by atoms with Gasteiger partial charge >= 0.3 is 0 Å². The Hall–Kier alpha value is -0.540. The van der Waals surface area contributed by atoms with E-state index in [4.69, 9.17) is 4.98 Å². The van der Waals surface area contributed by atoms with Crippen LogP contribution in [-0.2, 0) is 30.6 Å². The van der Waals surface area contributed by atoms with Gasteiger partial charge in [0.05, 0.1) is 11.7 Å². The van der Waals surface area contributed by atoms with Crippen molar-refractivity contribution in [3.05, 3.63) is 61.3 Å². The number of aromatic nitrogens is 1. The maximum absolute atomic E-state index is 13.7. The van der Waals surface area contributed by atoms with E-state index < -0.39 is 33.8 Å². The van der Waals surface area contributed by atoms with Gasteiger partial charge in [-0.3, -0.25) is 0 Å². The highest BCUT2D eigenvalue weighted by molar-refractivity contribution is 9.11. The molecule has 0 saturated carbocycles. The van der Waals surface area contributed by atoms with Crippen molar-refractivity contribution < 1.29 is 13.3 Å². The fraction of sp³-hybridized carbons (Fsp3) is 0.450. The van der Waals surface area contributed by atoms with Crippen molar-refractivity contribution in [1.29, 1.82) is 0 Å². The standard InChI is InChI=1S/C20H22Br2F2N2OS/c1-20(2,3)28(27)26-16(9-11-7-12(23)10-13(24)8-11)18-17(21)14-5-4-6-15(14)19(22)25-18/h7-8,10,16,26H,4-6,9H2,1-3H3/t16-,28-/m0/s1. The summed E-state index contributed by atoms with van der Waals surface area (Å²) in [6.45, 7) is 5.61. The van der Waals surface area contributed by atoms with Crippen LogP contribution in [0.1, 0.15) is 55.6 Å². The summed E-state index contributed by atoms with van der Waals surface area (Å²) in [6.07, 6.45) is 3.21. The van der Waals surface area contributed by atoms with Crippen LogP contribution in [-0.4, -0.2) is 14.3 Å². The van der Waals surface area contributed by atoms with Gasteiger partial charge in [-0.15, -0.1) is 4.72 Å². The number of hydrogen-bond acceptors (Lipinski definition) is 3. The Morgan fingerprint density at radius 2 is 1.75 bits per heavy atom. The van der Waals surface area contributed by atoms with Crippen molar-refractivity contribution in [3.8, 4) is 0 Å². The van der Waals surface area contributed by atoms with Gasteiger partial charge in [-0.2, -0.15) is 0 Å². The van der Waals surface area contributed by atoms with Gasteiger partial charge in [0.1, 0.15) is 21.0 Å². The van der Waals surface area contributed by atoms with Gasteiger partial charge in [0.2, 0.25) is 0 Å². The molecule has 0 aliphatic heterocycles. The normalized spacial score (nSPS) is 16.1. The lowest BCUT2D eigenvalue weighted by molar-refractivity contribution is 0.515. The fourth-order valence-corrected chi connectivity index (χ4v) is 5.52. The largest absolute Gasteiger partial charge is 0.598 e. The van der Waals surface area contributed by atoms with Crippen LogP contribution in [0.5, 0.6) is 0 Å². The lowest BCUT2D eigenvalue weighted by Crippen LogP contribution is -2.42. The number of hydrogen-bond donors (Lipinski definition) is 1. The van der Waals surface area contributed by atoms with Crippen LogP contribution in [0, 0.1) is 11.6 Å². The third-order valence-electron chi connectivity index (χ3n) is 4.67. The van der Waals surface area contributed by atoms with Crippen molar-refractivity contribution in [2.75, 3.05) is 0 Å². The molecule has 1 aromatic carbocycles. The van der Waals surface area contributed by atoms with E-state index in [0.29, 0.717) is 11.3 Å². The molecule has 0 spiro atoms. The molecule has 0 fully saturated rings. The van der Waals surface area contributed by atoms with Crippen LogP contribution in [0.4, 0.5) is 8.78 Å². The summed E-state index contributed by atoms with van der Waals surface area (Å²) in [5, 5.41) is 0. The molecule has 8 heteroatoms. The maximum Gasteiger partial charge on any atom is 0.136 e. The molecule has 1 heterocycles. The number of nitrogens with one attached hydrogen (secondary N) is 1. The number of pyridine rings is 1. The van der Waals surface area contributed by atoms with E-state index in [-0.39, 0.29) is 6.42 Å². The molecular weight excluding hydrogens is 514 g/mol. The van der Waals surface area contributed by atoms with Gasteiger partial charge < -0.3 is 4.55 Å². The molecule has 3 rings (SSSR count). The van der Waals surface area contributed by atoms with E-state index in [0.717, 1.165) is 34.4 Å². The summed E-state index contributed by atoms with van der Waals surface area (Å²) in [4.78, 5) is 4.71. The van der Waals surface area contributed by atoms with Crippen LogP contribution < -0.4 is 4.72 Å². The van der Waals surface area contributed by atoms with E-state index >= 15 is 0 Å². The highest BCUT2D eigenvalue weighted by Crippen LogP contribution is 2.38. The summed E-state index contributed by atoms with van der Waals surface area (Å²) in [7, 11) is 0. The SMILES string of the molecule is CC(C)(C)[S@+]([O-])N[C@@H](Cc1cc(F)cc(F)c1)c1nc(Br)c2c(c1Br)CCC2. The maximum atomic E-state index is 13.7. The molecular formula is C20H22Br2F2N2OS. The summed E-state index contributed by atoms with van der Waals surface area (Å²) in [5.74, 6) is -1.26. The van der Waals surface area contributed by atoms with Crippen LogP contribution >= 0.6 is 31.9 Å². The first kappa shape index (κ1) is 22.2. The number of benzene rings is 1. The Morgan fingerprint density at radius 3 is 2.36 bits per heavy atom. The summed E-state index contributed by atoms with van der Waals surface area (Å²) < 4.78 is 44.5. The predicted molar refractivity (Wildman–Crippen MR) is 115 cm³/mol. The second kappa shape index (κ2) is 8.68. The minimum Gasteiger partial charge on any atom is -0.598 e. The zero-order chi connectivity index (χ0) is 20.6. The van der Waals surface area contributed by atoms with Crippen molar-refractivity contribution in [2.24, 2.45) is 0 Å². The third kappa shape index (κ3) is 4.95. The molecule has 3 nitrogen and oxygen atoms in total. The summed E-state index contributed by atoms with van der Waals surface area (Å²) >= 11 is 5.86. The van der Waals surface area contributed by atoms with Gasteiger partial charge in [0, 0.05) is 21.9 Å². The minimum absolute atomic E-state index is 0.257. The van der Waals surface area contributed by atoms with E-state index in [2.05, 4.69) is 36.6 Å². The number of fused-ring (bicyclic) bond motifs is 1. The Balaban J connectivity index is 2.02. The molecule has 1 aliphatic rings. The van der Waals surface area contributed by atoms with E-state index in [1.165, 1.54) is 23.3 Å². The Labute approximate surface area is 184 Å². The molecule has 28 heavy (non-hydrogen) atoms. The molecule has 0 radical (unpaired) electrons. The van der Waals surface area contributed by atoms with Gasteiger partial charge in [0.25, 0.3) is 0 Å². The molecule has 0 unspecified atom stereocenters. The summed E-state index contributed by atoms with van der Waals surface area (Å²) in [6, 6.07) is 2.97. The second-order valence-corrected chi connectivity index (χ2v) is 11.5. The lowest BCUT2D eigenvalue weighted by Gasteiger charge is -2.28. The van der Waals surface area contributed by atoms with Gasteiger partial charge in [-0.25, -0.2) is 13.8 Å². The van der Waals surface area contributed by atoms with E-state index in [1.54, 1.807) is 0 Å². The molecule has 1 aliphatic carbocycles. The van der Waals surface area contributed by atoms with Crippen LogP contribution in [0.3, 0.4) is 0 Å². The summed E-state index contributed by atoms with van der Waals surface area (Å²) in [5.41, 5.74) is 3.54. The van der Waals surface area contributed by atoms with Crippen molar-refractivity contribution in [2.45, 2.75) is 57.2 Å². The fourth-order valence-electron chi connectivity index (χ4n) is 3.29. The quantitative estimate of drug-likeness (QED) is 0.394. The Morgan fingerprint density at radius 1 is 1.14 bits per heavy atom. The second-order valence-electron chi connectivity index (χ2n) is 7.95. The zero-order valence-corrected chi connectivity index (χ0v) is 19.9.